The molecule has 2 rings (SSSR count). The fraction of sp³-hybridized carbons (Fsp3) is 0.250. The highest BCUT2D eigenvalue weighted by Gasteiger charge is 2.24. The number of nitriles is 1. The van der Waals surface area contributed by atoms with Crippen LogP contribution in [0.1, 0.15) is 25.8 Å². The van der Waals surface area contributed by atoms with Crippen molar-refractivity contribution in [2.24, 2.45) is 0 Å². The van der Waals surface area contributed by atoms with Gasteiger partial charge < -0.3 is 5.32 Å². The van der Waals surface area contributed by atoms with E-state index in [2.05, 4.69) is 5.32 Å². The van der Waals surface area contributed by atoms with Crippen molar-refractivity contribution in [3.8, 4) is 6.07 Å². The van der Waals surface area contributed by atoms with E-state index in [9.17, 15) is 4.79 Å². The van der Waals surface area contributed by atoms with E-state index in [-0.39, 0.29) is 12.3 Å². The molecule has 0 atom stereocenters. The Kier molecular flexibility index (Phi) is 3.52. The summed E-state index contributed by atoms with van der Waals surface area (Å²) in [5.41, 5.74) is 0.548. The number of nitrogens with one attached hydrogen (secondary N) is 1. The maximum absolute atomic E-state index is 11.6. The number of nitrogens with zero attached hydrogens (tertiary/aromatic N) is 1. The quantitative estimate of drug-likeness (QED) is 0.912. The Labute approximate surface area is 112 Å². The van der Waals surface area contributed by atoms with Crippen LogP contribution in [-0.4, -0.2) is 5.91 Å². The largest absolute Gasteiger partial charge is 0.346 e. The Hall–Kier alpha value is -2.34. The van der Waals surface area contributed by atoms with Gasteiger partial charge in [-0.25, -0.2) is 0 Å². The third-order valence-electron chi connectivity index (χ3n) is 3.15. The summed E-state index contributed by atoms with van der Waals surface area (Å²) in [5.74, 6) is -0.250. The molecule has 0 aromatic heterocycles. The molecule has 0 aliphatic carbocycles. The molecule has 2 aromatic rings. The zero-order chi connectivity index (χ0) is 13.9. The third-order valence-corrected chi connectivity index (χ3v) is 3.15. The average molecular weight is 252 g/mol. The molecule has 3 heteroatoms. The van der Waals surface area contributed by atoms with Crippen LogP contribution in [0.4, 0.5) is 0 Å². The van der Waals surface area contributed by atoms with E-state index in [1.54, 1.807) is 0 Å². The van der Waals surface area contributed by atoms with E-state index < -0.39 is 5.54 Å². The smallest absolute Gasteiger partial charge is 0.234 e. The van der Waals surface area contributed by atoms with E-state index in [0.717, 1.165) is 16.3 Å². The van der Waals surface area contributed by atoms with Gasteiger partial charge in [-0.2, -0.15) is 5.26 Å². The summed E-state index contributed by atoms with van der Waals surface area (Å²) < 4.78 is 0. The molecule has 0 saturated carbocycles. The Morgan fingerprint density at radius 2 is 1.89 bits per heavy atom. The fourth-order valence-electron chi connectivity index (χ4n) is 2.30. The molecule has 2 aromatic carbocycles. The van der Waals surface area contributed by atoms with Gasteiger partial charge in [0.2, 0.25) is 5.91 Å². The predicted molar refractivity (Wildman–Crippen MR) is 75.3 cm³/mol. The van der Waals surface area contributed by atoms with Crippen LogP contribution in [0.15, 0.2) is 42.5 Å². The minimum atomic E-state index is -0.505. The maximum atomic E-state index is 11.6. The Bertz CT molecular complexity index is 648. The normalized spacial score (nSPS) is 11.0. The van der Waals surface area contributed by atoms with Gasteiger partial charge in [-0.15, -0.1) is 0 Å². The van der Waals surface area contributed by atoms with Crippen molar-refractivity contribution in [2.45, 2.75) is 25.8 Å². The maximum Gasteiger partial charge on any atom is 0.234 e. The lowest BCUT2D eigenvalue weighted by atomic mass is 9.89. The molecule has 1 amide bonds. The summed E-state index contributed by atoms with van der Waals surface area (Å²) in [6, 6.07) is 16.0. The van der Waals surface area contributed by atoms with Gasteiger partial charge in [-0.05, 0) is 30.2 Å². The lowest BCUT2D eigenvalue weighted by Crippen LogP contribution is -2.40. The first kappa shape index (κ1) is 13.1. The van der Waals surface area contributed by atoms with Gasteiger partial charge in [0.1, 0.15) is 6.42 Å². The number of hydrogen-bond acceptors (Lipinski definition) is 2. The molecule has 96 valence electrons. The van der Waals surface area contributed by atoms with Gasteiger partial charge in [0.25, 0.3) is 0 Å². The molecular weight excluding hydrogens is 236 g/mol. The molecule has 0 heterocycles. The zero-order valence-electron chi connectivity index (χ0n) is 11.1. The van der Waals surface area contributed by atoms with Crippen molar-refractivity contribution in [1.82, 2.24) is 5.32 Å². The molecule has 0 bridgehead atoms. The van der Waals surface area contributed by atoms with Crippen molar-refractivity contribution in [2.75, 3.05) is 0 Å². The van der Waals surface area contributed by atoms with Gasteiger partial charge in [-0.1, -0.05) is 42.5 Å². The second-order valence-electron chi connectivity index (χ2n) is 5.03. The van der Waals surface area contributed by atoms with Crippen LogP contribution in [0, 0.1) is 11.3 Å². The summed E-state index contributed by atoms with van der Waals surface area (Å²) in [4.78, 5) is 11.6. The first-order chi connectivity index (χ1) is 9.04. The number of carbonyl (C=O) groups excluding carboxylic acids is 1. The van der Waals surface area contributed by atoms with E-state index in [1.807, 2.05) is 62.4 Å². The second-order valence-corrected chi connectivity index (χ2v) is 5.03. The van der Waals surface area contributed by atoms with Crippen molar-refractivity contribution in [3.63, 3.8) is 0 Å². The van der Waals surface area contributed by atoms with Crippen LogP contribution in [-0.2, 0) is 10.3 Å². The van der Waals surface area contributed by atoms with Gasteiger partial charge >= 0.3 is 0 Å². The van der Waals surface area contributed by atoms with E-state index in [1.165, 1.54) is 0 Å². The topological polar surface area (TPSA) is 52.9 Å². The molecule has 0 radical (unpaired) electrons. The number of carbonyl (C=O) groups is 1. The third kappa shape index (κ3) is 2.74. The first-order valence-corrected chi connectivity index (χ1v) is 6.21. The molecule has 0 fully saturated rings. The molecule has 0 aliphatic heterocycles. The standard InChI is InChI=1S/C16H16N2O/c1-16(2,18-15(19)10-11-17)14-9-5-7-12-6-3-4-8-13(12)14/h3-9H,10H2,1-2H3,(H,18,19). The fourth-order valence-corrected chi connectivity index (χ4v) is 2.30. The second kappa shape index (κ2) is 5.11. The number of amides is 1. The molecule has 0 unspecified atom stereocenters. The van der Waals surface area contributed by atoms with Gasteiger partial charge in [0.05, 0.1) is 11.6 Å². The molecular formula is C16H16N2O. The molecule has 3 nitrogen and oxygen atoms in total. The van der Waals surface area contributed by atoms with Crippen molar-refractivity contribution in [1.29, 1.82) is 5.26 Å². The summed E-state index contributed by atoms with van der Waals surface area (Å²) in [6.07, 6.45) is -0.117. The number of hydrogen-bond donors (Lipinski definition) is 1. The summed E-state index contributed by atoms with van der Waals surface area (Å²) in [7, 11) is 0. The minimum Gasteiger partial charge on any atom is -0.346 e. The van der Waals surface area contributed by atoms with Crippen LogP contribution >= 0.6 is 0 Å². The molecule has 0 aliphatic rings. The van der Waals surface area contributed by atoms with Crippen LogP contribution < -0.4 is 5.32 Å². The van der Waals surface area contributed by atoms with E-state index >= 15 is 0 Å². The Morgan fingerprint density at radius 3 is 2.63 bits per heavy atom. The number of fused-ring (bicyclic) bond motifs is 1. The molecule has 19 heavy (non-hydrogen) atoms. The van der Waals surface area contributed by atoms with E-state index in [4.69, 9.17) is 5.26 Å². The highest BCUT2D eigenvalue weighted by molar-refractivity contribution is 5.87. The predicted octanol–water partition coefficient (Wildman–Crippen LogP) is 3.10. The minimum absolute atomic E-state index is 0.117. The molecule has 1 N–H and O–H groups in total. The summed E-state index contributed by atoms with van der Waals surface area (Å²) in [5, 5.41) is 13.7. The molecule has 0 saturated heterocycles. The van der Waals surface area contributed by atoms with E-state index in [0.29, 0.717) is 0 Å². The lowest BCUT2D eigenvalue weighted by Gasteiger charge is -2.28. The average Bonchev–Trinajstić information content (AvgIpc) is 2.37. The van der Waals surface area contributed by atoms with Crippen LogP contribution in [0.2, 0.25) is 0 Å². The number of benzene rings is 2. The van der Waals surface area contributed by atoms with Crippen LogP contribution in [0.3, 0.4) is 0 Å². The first-order valence-electron chi connectivity index (χ1n) is 6.21. The lowest BCUT2D eigenvalue weighted by molar-refractivity contribution is -0.121. The van der Waals surface area contributed by atoms with Crippen molar-refractivity contribution in [3.05, 3.63) is 48.0 Å². The highest BCUT2D eigenvalue weighted by Crippen LogP contribution is 2.28. The van der Waals surface area contributed by atoms with Crippen molar-refractivity contribution >= 4 is 16.7 Å². The van der Waals surface area contributed by atoms with Crippen LogP contribution in [0.25, 0.3) is 10.8 Å². The highest BCUT2D eigenvalue weighted by atomic mass is 16.1. The van der Waals surface area contributed by atoms with Crippen LogP contribution in [0.5, 0.6) is 0 Å². The zero-order valence-corrected chi connectivity index (χ0v) is 11.1. The van der Waals surface area contributed by atoms with Crippen molar-refractivity contribution < 1.29 is 4.79 Å². The van der Waals surface area contributed by atoms with Gasteiger partial charge in [0, 0.05) is 0 Å². The Balaban J connectivity index is 2.43. The van der Waals surface area contributed by atoms with Gasteiger partial charge in [-0.3, -0.25) is 4.79 Å². The number of rotatable bonds is 3. The Morgan fingerprint density at radius 1 is 1.21 bits per heavy atom. The summed E-state index contributed by atoms with van der Waals surface area (Å²) >= 11 is 0. The summed E-state index contributed by atoms with van der Waals surface area (Å²) in [6.45, 7) is 3.90. The van der Waals surface area contributed by atoms with Gasteiger partial charge in [0.15, 0.2) is 0 Å². The SMILES string of the molecule is CC(C)(NC(=O)CC#N)c1cccc2ccccc12. The molecule has 0 spiro atoms. The monoisotopic (exact) mass is 252 g/mol.